The molecule has 3 heteroatoms. The van der Waals surface area contributed by atoms with Gasteiger partial charge in [0.05, 0.1) is 11.4 Å². The average Bonchev–Trinajstić information content (AvgIpc) is 3.88. The van der Waals surface area contributed by atoms with Crippen molar-refractivity contribution in [1.29, 1.82) is 0 Å². The number of hydrogen-bond donors (Lipinski definition) is 0. The Labute approximate surface area is 440 Å². The molecule has 0 aliphatic carbocycles. The first-order valence-corrected chi connectivity index (χ1v) is 26.5. The zero-order valence-electron chi connectivity index (χ0n) is 41.0. The molecule has 0 amide bonds. The number of nitrogens with zero attached hydrogens (tertiary/aromatic N) is 2. The highest BCUT2D eigenvalue weighted by atomic mass is 32.1. The van der Waals surface area contributed by atoms with E-state index in [9.17, 15) is 0 Å². The highest BCUT2D eigenvalue weighted by molar-refractivity contribution is 7.26. The topological polar surface area (TPSA) is 6.48 Å². The van der Waals surface area contributed by atoms with Gasteiger partial charge >= 0.3 is 0 Å². The Balaban J connectivity index is 0.864. The van der Waals surface area contributed by atoms with Gasteiger partial charge in [-0.15, -0.1) is 11.3 Å². The van der Waals surface area contributed by atoms with Gasteiger partial charge in [0, 0.05) is 53.7 Å². The van der Waals surface area contributed by atoms with E-state index in [4.69, 9.17) is 0 Å². The summed E-state index contributed by atoms with van der Waals surface area (Å²) in [4.78, 5) is 4.85. The molecule has 0 spiro atoms. The Kier molecular flexibility index (Phi) is 11.1. The van der Waals surface area contributed by atoms with Gasteiger partial charge in [0.1, 0.15) is 0 Å². The van der Waals surface area contributed by atoms with Gasteiger partial charge < -0.3 is 9.80 Å². The maximum absolute atomic E-state index is 2.43. The second-order valence-electron chi connectivity index (χ2n) is 19.3. The quantitative estimate of drug-likeness (QED) is 0.135. The molecule has 0 aliphatic heterocycles. The van der Waals surface area contributed by atoms with Crippen LogP contribution in [-0.4, -0.2) is 0 Å². The lowest BCUT2D eigenvalue weighted by atomic mass is 9.98. The van der Waals surface area contributed by atoms with Crippen LogP contribution in [-0.2, 0) is 0 Å². The summed E-state index contributed by atoms with van der Waals surface area (Å²) < 4.78 is 2.65. The first kappa shape index (κ1) is 44.2. The van der Waals surface area contributed by atoms with Crippen molar-refractivity contribution in [2.45, 2.75) is 0 Å². The van der Waals surface area contributed by atoms with Gasteiger partial charge in [0.2, 0.25) is 0 Å². The molecule has 0 N–H and O–H groups in total. The van der Waals surface area contributed by atoms with E-state index < -0.39 is 0 Å². The zero-order chi connectivity index (χ0) is 49.7. The molecular formula is C72H48N2S. The number of thiophene rings is 1. The van der Waals surface area contributed by atoms with E-state index in [0.717, 1.165) is 50.8 Å². The minimum Gasteiger partial charge on any atom is -0.310 e. The van der Waals surface area contributed by atoms with Crippen molar-refractivity contribution < 1.29 is 0 Å². The second-order valence-corrected chi connectivity index (χ2v) is 20.3. The third-order valence-corrected chi connectivity index (χ3v) is 16.0. The monoisotopic (exact) mass is 972 g/mol. The fourth-order valence-electron chi connectivity index (χ4n) is 11.1. The number of hydrogen-bond acceptors (Lipinski definition) is 3. The maximum atomic E-state index is 2.43. The molecule has 0 radical (unpaired) electrons. The van der Waals surface area contributed by atoms with Crippen molar-refractivity contribution in [3.63, 3.8) is 0 Å². The van der Waals surface area contributed by atoms with E-state index in [0.29, 0.717) is 0 Å². The van der Waals surface area contributed by atoms with Crippen LogP contribution in [0.3, 0.4) is 0 Å². The standard InChI is InChI=1S/C72H48N2S/c1-2-16-49(17-3-1)50-36-38-51(39-37-50)54-22-10-25-60(45-54)73(69-33-13-20-52-18-4-6-28-64(52)69)61-26-11-23-55(46-61)56-24-12-27-62(47-56)74(70-34-14-21-53-19-5-7-29-65(53)70)63-43-42-57-44-59(41-40-58(57)48-63)66-31-15-32-68-67-30-8-9-35-71(67)75-72(66)68/h1-48H. The molecule has 0 fully saturated rings. The summed E-state index contributed by atoms with van der Waals surface area (Å²) in [7, 11) is 0. The first-order chi connectivity index (χ1) is 37.2. The van der Waals surface area contributed by atoms with Crippen LogP contribution in [0.1, 0.15) is 0 Å². The maximum Gasteiger partial charge on any atom is 0.0540 e. The SMILES string of the molecule is c1ccc(-c2ccc(-c3cccc(N(c4cccc(-c5cccc(N(c6ccc7cc(-c8cccc9c8sc8ccccc89)ccc7c6)c6cccc7ccccc67)c5)c4)c4cccc5ccccc45)c3)cc2)cc1. The van der Waals surface area contributed by atoms with Crippen molar-refractivity contribution in [3.05, 3.63) is 291 Å². The Morgan fingerprint density at radius 3 is 1.27 bits per heavy atom. The molecule has 0 saturated carbocycles. The summed E-state index contributed by atoms with van der Waals surface area (Å²) in [6.45, 7) is 0. The van der Waals surface area contributed by atoms with Crippen LogP contribution in [0.25, 0.3) is 97.0 Å². The molecule has 14 aromatic rings. The van der Waals surface area contributed by atoms with Crippen molar-refractivity contribution in [1.82, 2.24) is 0 Å². The number of benzene rings is 13. The molecule has 0 bridgehead atoms. The van der Waals surface area contributed by atoms with E-state index in [1.165, 1.54) is 80.3 Å². The fraction of sp³-hybridized carbons (Fsp3) is 0. The molecule has 352 valence electrons. The minimum atomic E-state index is 1.08. The number of rotatable bonds is 10. The van der Waals surface area contributed by atoms with Crippen LogP contribution in [0.2, 0.25) is 0 Å². The van der Waals surface area contributed by atoms with Crippen LogP contribution in [0.5, 0.6) is 0 Å². The lowest BCUT2D eigenvalue weighted by Gasteiger charge is -2.28. The lowest BCUT2D eigenvalue weighted by Crippen LogP contribution is -2.11. The van der Waals surface area contributed by atoms with Crippen molar-refractivity contribution >= 4 is 98.0 Å². The van der Waals surface area contributed by atoms with Crippen LogP contribution >= 0.6 is 11.3 Å². The molecule has 75 heavy (non-hydrogen) atoms. The van der Waals surface area contributed by atoms with E-state index in [1.54, 1.807) is 0 Å². The normalized spacial score (nSPS) is 11.5. The van der Waals surface area contributed by atoms with Crippen LogP contribution in [0.4, 0.5) is 34.1 Å². The van der Waals surface area contributed by atoms with Gasteiger partial charge in [0.25, 0.3) is 0 Å². The predicted octanol–water partition coefficient (Wildman–Crippen LogP) is 21.1. The van der Waals surface area contributed by atoms with Crippen LogP contribution in [0, 0.1) is 0 Å². The summed E-state index contributed by atoms with van der Waals surface area (Å²) >= 11 is 1.88. The third kappa shape index (κ3) is 8.17. The zero-order valence-corrected chi connectivity index (χ0v) is 41.8. The summed E-state index contributed by atoms with van der Waals surface area (Å²) in [5.41, 5.74) is 16.1. The van der Waals surface area contributed by atoms with Crippen LogP contribution in [0.15, 0.2) is 291 Å². The summed E-state index contributed by atoms with van der Waals surface area (Å²) in [5.74, 6) is 0. The summed E-state index contributed by atoms with van der Waals surface area (Å²) in [5, 5.41) is 9.82. The minimum absolute atomic E-state index is 1.08. The Hall–Kier alpha value is -9.54. The second kappa shape index (κ2) is 18.8. The molecule has 1 aromatic heterocycles. The van der Waals surface area contributed by atoms with E-state index >= 15 is 0 Å². The predicted molar refractivity (Wildman–Crippen MR) is 323 cm³/mol. The van der Waals surface area contributed by atoms with E-state index in [2.05, 4.69) is 301 Å². The van der Waals surface area contributed by atoms with Gasteiger partial charge in [-0.2, -0.15) is 0 Å². The van der Waals surface area contributed by atoms with Gasteiger partial charge in [0.15, 0.2) is 0 Å². The Morgan fingerprint density at radius 1 is 0.227 bits per heavy atom. The highest BCUT2D eigenvalue weighted by Gasteiger charge is 2.20. The van der Waals surface area contributed by atoms with Gasteiger partial charge in [-0.05, 0) is 139 Å². The molecular weight excluding hydrogens is 925 g/mol. The lowest BCUT2D eigenvalue weighted by molar-refractivity contribution is 1.29. The molecule has 0 atom stereocenters. The van der Waals surface area contributed by atoms with Gasteiger partial charge in [-0.3, -0.25) is 0 Å². The molecule has 2 nitrogen and oxygen atoms in total. The largest absolute Gasteiger partial charge is 0.310 e. The summed E-state index contributed by atoms with van der Waals surface area (Å²) in [6.07, 6.45) is 0. The molecule has 14 rings (SSSR count). The summed E-state index contributed by atoms with van der Waals surface area (Å²) in [6, 6.07) is 107. The molecule has 13 aromatic carbocycles. The van der Waals surface area contributed by atoms with E-state index in [-0.39, 0.29) is 0 Å². The molecule has 0 unspecified atom stereocenters. The third-order valence-electron chi connectivity index (χ3n) is 14.8. The van der Waals surface area contributed by atoms with Crippen molar-refractivity contribution in [2.75, 3.05) is 9.80 Å². The Morgan fingerprint density at radius 2 is 0.640 bits per heavy atom. The highest BCUT2D eigenvalue weighted by Crippen LogP contribution is 2.45. The molecule has 1 heterocycles. The smallest absolute Gasteiger partial charge is 0.0540 e. The first-order valence-electron chi connectivity index (χ1n) is 25.6. The number of anilines is 6. The molecule has 0 saturated heterocycles. The van der Waals surface area contributed by atoms with E-state index in [1.807, 2.05) is 11.3 Å². The van der Waals surface area contributed by atoms with Crippen LogP contribution < -0.4 is 9.80 Å². The molecule has 0 aliphatic rings. The average molecular weight is 973 g/mol. The fourth-order valence-corrected chi connectivity index (χ4v) is 12.4. The van der Waals surface area contributed by atoms with Gasteiger partial charge in [-0.1, -0.05) is 218 Å². The number of fused-ring (bicyclic) bond motifs is 6. The Bertz CT molecular complexity index is 4430. The van der Waals surface area contributed by atoms with Crippen molar-refractivity contribution in [2.24, 2.45) is 0 Å². The van der Waals surface area contributed by atoms with Gasteiger partial charge in [-0.25, -0.2) is 0 Å². The van der Waals surface area contributed by atoms with Crippen molar-refractivity contribution in [3.8, 4) is 44.5 Å².